The van der Waals surface area contributed by atoms with E-state index in [1.54, 1.807) is 6.34 Å². The highest BCUT2D eigenvalue weighted by atomic mass is 15.3. The molecule has 1 radical (unpaired) electrons. The van der Waals surface area contributed by atoms with E-state index < -0.39 is 0 Å². The minimum Gasteiger partial charge on any atom is -0.235 e. The average Bonchev–Trinajstić information content (AvgIpc) is 2.48. The Morgan fingerprint density at radius 1 is 1.08 bits per heavy atom. The van der Waals surface area contributed by atoms with E-state index in [-0.39, 0.29) is 0 Å². The summed E-state index contributed by atoms with van der Waals surface area (Å²) < 4.78 is 0. The van der Waals surface area contributed by atoms with E-state index in [4.69, 9.17) is 0 Å². The van der Waals surface area contributed by atoms with E-state index in [0.717, 1.165) is 6.17 Å². The first-order valence-corrected chi connectivity index (χ1v) is 4.77. The van der Waals surface area contributed by atoms with Gasteiger partial charge in [-0.25, -0.2) is 4.99 Å². The minimum absolute atomic E-state index is 0.593. The van der Waals surface area contributed by atoms with Crippen molar-refractivity contribution in [3.63, 3.8) is 0 Å². The van der Waals surface area contributed by atoms with E-state index in [2.05, 4.69) is 15.2 Å². The average molecular weight is 164 g/mol. The van der Waals surface area contributed by atoms with Crippen LogP contribution in [-0.4, -0.2) is 6.34 Å². The van der Waals surface area contributed by atoms with Crippen LogP contribution in [-0.2, 0) is 0 Å². The van der Waals surface area contributed by atoms with Crippen LogP contribution in [0, 0.1) is 12.1 Å². The Morgan fingerprint density at radius 3 is 2.42 bits per heavy atom. The highest BCUT2D eigenvalue weighted by Crippen LogP contribution is 2.33. The van der Waals surface area contributed by atoms with Gasteiger partial charge < -0.3 is 0 Å². The Labute approximate surface area is 73.0 Å². The molecule has 1 heterocycles. The fraction of sp³-hybridized carbons (Fsp3) is 0.778. The normalized spacial score (nSPS) is 26.3. The fourth-order valence-electron chi connectivity index (χ4n) is 1.92. The zero-order valence-corrected chi connectivity index (χ0v) is 7.24. The smallest absolute Gasteiger partial charge is 0.222 e. The lowest BCUT2D eigenvalue weighted by atomic mass is 9.98. The van der Waals surface area contributed by atoms with E-state index in [1.807, 2.05) is 0 Å². The maximum Gasteiger partial charge on any atom is 0.222 e. The molecule has 0 aromatic heterocycles. The monoisotopic (exact) mass is 164 g/mol. The lowest BCUT2D eigenvalue weighted by molar-refractivity contribution is 0.464. The third-order valence-electron chi connectivity index (χ3n) is 2.62. The van der Waals surface area contributed by atoms with Gasteiger partial charge >= 0.3 is 0 Å². The molecule has 0 N–H and O–H groups in total. The molecule has 0 saturated heterocycles. The number of hydrogen-bond acceptors (Lipinski definition) is 3. The van der Waals surface area contributed by atoms with Gasteiger partial charge in [0.25, 0.3) is 0 Å². The van der Waals surface area contributed by atoms with Gasteiger partial charge in [-0.15, -0.1) is 5.11 Å². The van der Waals surface area contributed by atoms with Gasteiger partial charge in [0.05, 0.1) is 0 Å². The third-order valence-corrected chi connectivity index (χ3v) is 2.62. The number of azo groups is 1. The first kappa shape index (κ1) is 7.90. The van der Waals surface area contributed by atoms with Gasteiger partial charge in [-0.05, 0) is 12.8 Å². The van der Waals surface area contributed by atoms with Crippen molar-refractivity contribution in [3.8, 4) is 0 Å². The number of rotatable bonds is 1. The zero-order chi connectivity index (χ0) is 8.23. The molecule has 3 heteroatoms. The molecule has 0 unspecified atom stereocenters. The largest absolute Gasteiger partial charge is 0.235 e. The Hall–Kier alpha value is -0.730. The predicted octanol–water partition coefficient (Wildman–Crippen LogP) is 2.94. The molecule has 0 aromatic carbocycles. The summed E-state index contributed by atoms with van der Waals surface area (Å²) in [4.78, 5) is 4.16. The van der Waals surface area contributed by atoms with Gasteiger partial charge in [0.1, 0.15) is 6.34 Å². The second-order valence-electron chi connectivity index (χ2n) is 3.51. The molecular formula is C9H14N3. The number of hydrogen-bond donors (Lipinski definition) is 0. The van der Waals surface area contributed by atoms with Crippen LogP contribution in [0.1, 0.15) is 38.5 Å². The van der Waals surface area contributed by atoms with Crippen molar-refractivity contribution in [3.05, 3.63) is 6.17 Å². The lowest BCUT2D eigenvalue weighted by Crippen LogP contribution is -2.05. The summed E-state index contributed by atoms with van der Waals surface area (Å²) in [5, 5.41) is 7.79. The molecule has 0 bridgehead atoms. The molecule has 0 atom stereocenters. The van der Waals surface area contributed by atoms with E-state index >= 15 is 0 Å². The third kappa shape index (κ3) is 1.71. The topological polar surface area (TPSA) is 37.1 Å². The molecule has 3 nitrogen and oxygen atoms in total. The highest BCUT2D eigenvalue weighted by Gasteiger charge is 2.24. The molecule has 2 rings (SSSR count). The summed E-state index contributed by atoms with van der Waals surface area (Å²) in [6.45, 7) is 0. The Kier molecular flexibility index (Phi) is 2.49. The lowest BCUT2D eigenvalue weighted by Gasteiger charge is -2.13. The van der Waals surface area contributed by atoms with Gasteiger partial charge in [-0.1, -0.05) is 25.7 Å². The van der Waals surface area contributed by atoms with Crippen molar-refractivity contribution in [2.24, 2.45) is 21.1 Å². The van der Waals surface area contributed by atoms with Crippen molar-refractivity contribution in [1.29, 1.82) is 0 Å². The Morgan fingerprint density at radius 2 is 1.83 bits per heavy atom. The summed E-state index contributed by atoms with van der Waals surface area (Å²) in [5.74, 6) is 0.593. The fourth-order valence-corrected chi connectivity index (χ4v) is 1.92. The second kappa shape index (κ2) is 3.78. The van der Waals surface area contributed by atoms with Crippen molar-refractivity contribution >= 4 is 6.34 Å². The van der Waals surface area contributed by atoms with Crippen molar-refractivity contribution in [2.75, 3.05) is 0 Å². The van der Waals surface area contributed by atoms with E-state index in [1.165, 1.54) is 38.5 Å². The van der Waals surface area contributed by atoms with Gasteiger partial charge in [-0.2, -0.15) is 5.11 Å². The zero-order valence-electron chi connectivity index (χ0n) is 7.24. The first-order chi connectivity index (χ1) is 5.97. The SMILES string of the molecule is C1=N[C](C2CCCCCC2)N=N1. The summed E-state index contributed by atoms with van der Waals surface area (Å²) in [7, 11) is 0. The van der Waals surface area contributed by atoms with Crippen molar-refractivity contribution < 1.29 is 0 Å². The molecule has 2 aliphatic rings. The van der Waals surface area contributed by atoms with Crippen molar-refractivity contribution in [2.45, 2.75) is 38.5 Å². The molecular weight excluding hydrogens is 150 g/mol. The molecule has 1 saturated carbocycles. The van der Waals surface area contributed by atoms with Crippen LogP contribution in [0.4, 0.5) is 0 Å². The van der Waals surface area contributed by atoms with Crippen LogP contribution in [0.2, 0.25) is 0 Å². The van der Waals surface area contributed by atoms with Gasteiger partial charge in [0.15, 0.2) is 0 Å². The minimum atomic E-state index is 0.593. The van der Waals surface area contributed by atoms with Crippen LogP contribution in [0.5, 0.6) is 0 Å². The number of nitrogens with zero attached hydrogens (tertiary/aromatic N) is 3. The van der Waals surface area contributed by atoms with Gasteiger partial charge in [0.2, 0.25) is 6.17 Å². The molecule has 12 heavy (non-hydrogen) atoms. The molecule has 65 valence electrons. The van der Waals surface area contributed by atoms with Crippen LogP contribution < -0.4 is 0 Å². The second-order valence-corrected chi connectivity index (χ2v) is 3.51. The quantitative estimate of drug-likeness (QED) is 0.534. The van der Waals surface area contributed by atoms with Crippen LogP contribution in [0.25, 0.3) is 0 Å². The molecule has 0 spiro atoms. The van der Waals surface area contributed by atoms with Gasteiger partial charge in [-0.3, -0.25) is 0 Å². The maximum atomic E-state index is 4.16. The predicted molar refractivity (Wildman–Crippen MR) is 47.8 cm³/mol. The molecule has 0 amide bonds. The van der Waals surface area contributed by atoms with Crippen LogP contribution in [0.15, 0.2) is 15.2 Å². The summed E-state index contributed by atoms with van der Waals surface area (Å²) in [6, 6.07) is 0. The molecule has 0 aromatic rings. The van der Waals surface area contributed by atoms with E-state index in [9.17, 15) is 0 Å². The molecule has 1 aliphatic carbocycles. The maximum absolute atomic E-state index is 4.16. The van der Waals surface area contributed by atoms with E-state index in [0.29, 0.717) is 5.92 Å². The Bertz CT molecular complexity index is 178. The molecule has 1 aliphatic heterocycles. The Balaban J connectivity index is 1.92. The van der Waals surface area contributed by atoms with Crippen LogP contribution in [0.3, 0.4) is 0 Å². The number of aliphatic imine (C=N–C) groups is 1. The standard InChI is InChI=1S/C9H14N3/c1-2-4-6-8(5-3-1)9-10-7-11-12-9/h7-8H,1-6H2. The first-order valence-electron chi connectivity index (χ1n) is 4.77. The summed E-state index contributed by atoms with van der Waals surface area (Å²) >= 11 is 0. The summed E-state index contributed by atoms with van der Waals surface area (Å²) in [6.07, 6.45) is 10.5. The van der Waals surface area contributed by atoms with Crippen LogP contribution >= 0.6 is 0 Å². The molecule has 1 fully saturated rings. The van der Waals surface area contributed by atoms with Gasteiger partial charge in [0, 0.05) is 5.92 Å². The van der Waals surface area contributed by atoms with Crippen molar-refractivity contribution in [1.82, 2.24) is 0 Å². The highest BCUT2D eigenvalue weighted by molar-refractivity contribution is 5.57. The summed E-state index contributed by atoms with van der Waals surface area (Å²) in [5.41, 5.74) is 0.